The van der Waals surface area contributed by atoms with Gasteiger partial charge in [-0.2, -0.15) is 0 Å². The molecule has 0 amide bonds. The molecule has 6 heteroatoms. The lowest BCUT2D eigenvalue weighted by Crippen LogP contribution is -1.92. The van der Waals surface area contributed by atoms with Crippen LogP contribution in [-0.4, -0.2) is 17.7 Å². The fourth-order valence-corrected chi connectivity index (χ4v) is 2.99. The summed E-state index contributed by atoms with van der Waals surface area (Å²) in [5.41, 5.74) is 0.701. The van der Waals surface area contributed by atoms with Gasteiger partial charge < -0.3 is 9.84 Å². The van der Waals surface area contributed by atoms with Crippen LogP contribution in [0.3, 0.4) is 0 Å². The van der Waals surface area contributed by atoms with E-state index in [9.17, 15) is 4.79 Å². The van der Waals surface area contributed by atoms with Crippen molar-refractivity contribution >= 4 is 40.5 Å². The predicted molar refractivity (Wildman–Crippen MR) is 77.9 cm³/mol. The Kier molecular flexibility index (Phi) is 4.34. The van der Waals surface area contributed by atoms with E-state index in [2.05, 4.69) is 0 Å². The van der Waals surface area contributed by atoms with Crippen LogP contribution in [0.1, 0.15) is 16.6 Å². The Morgan fingerprint density at radius 3 is 2.63 bits per heavy atom. The number of rotatable bonds is 4. The predicted octanol–water partition coefficient (Wildman–Crippen LogP) is 4.82. The van der Waals surface area contributed by atoms with Crippen molar-refractivity contribution in [2.45, 2.75) is 6.92 Å². The minimum Gasteiger partial charge on any atom is -0.492 e. The highest BCUT2D eigenvalue weighted by Crippen LogP contribution is 2.39. The smallest absolute Gasteiger partial charge is 0.345 e. The molecular formula is C13H10Cl2O3S. The van der Waals surface area contributed by atoms with Crippen molar-refractivity contribution < 1.29 is 14.6 Å². The summed E-state index contributed by atoms with van der Waals surface area (Å²) in [4.78, 5) is 11.9. The number of carbonyl (C=O) groups is 1. The van der Waals surface area contributed by atoms with Gasteiger partial charge in [0.2, 0.25) is 0 Å². The van der Waals surface area contributed by atoms with E-state index in [1.165, 1.54) is 0 Å². The Morgan fingerprint density at radius 2 is 2.05 bits per heavy atom. The van der Waals surface area contributed by atoms with Gasteiger partial charge in [0.1, 0.15) is 10.6 Å². The highest BCUT2D eigenvalue weighted by molar-refractivity contribution is 7.17. The van der Waals surface area contributed by atoms with Crippen LogP contribution < -0.4 is 4.74 Å². The first kappa shape index (κ1) is 14.2. The average Bonchev–Trinajstić information content (AvgIpc) is 2.83. The summed E-state index contributed by atoms with van der Waals surface area (Å²) in [6.07, 6.45) is 0. The third-order valence-electron chi connectivity index (χ3n) is 2.40. The van der Waals surface area contributed by atoms with Gasteiger partial charge in [-0.15, -0.1) is 11.3 Å². The molecule has 0 unspecified atom stereocenters. The molecule has 0 bridgehead atoms. The van der Waals surface area contributed by atoms with Gasteiger partial charge in [0.25, 0.3) is 0 Å². The monoisotopic (exact) mass is 316 g/mol. The van der Waals surface area contributed by atoms with E-state index in [4.69, 9.17) is 33.0 Å². The first-order valence-electron chi connectivity index (χ1n) is 5.48. The molecule has 1 aromatic heterocycles. The second-order valence-electron chi connectivity index (χ2n) is 3.66. The fourth-order valence-electron chi connectivity index (χ4n) is 1.58. The van der Waals surface area contributed by atoms with Crippen LogP contribution in [-0.2, 0) is 0 Å². The molecule has 0 aliphatic heterocycles. The number of carboxylic acids is 1. The van der Waals surface area contributed by atoms with Crippen LogP contribution in [0.2, 0.25) is 10.0 Å². The number of thiophene rings is 1. The summed E-state index contributed by atoms with van der Waals surface area (Å²) in [5.74, 6) is -0.433. The molecule has 0 aliphatic carbocycles. The first-order chi connectivity index (χ1) is 9.02. The summed E-state index contributed by atoms with van der Waals surface area (Å²) >= 11 is 13.4. The molecule has 1 aromatic carbocycles. The van der Waals surface area contributed by atoms with Gasteiger partial charge in [0.05, 0.1) is 16.7 Å². The van der Waals surface area contributed by atoms with Crippen molar-refractivity contribution in [3.05, 3.63) is 39.2 Å². The van der Waals surface area contributed by atoms with E-state index in [1.54, 1.807) is 24.3 Å². The molecule has 0 fully saturated rings. The molecule has 19 heavy (non-hydrogen) atoms. The number of hydrogen-bond donors (Lipinski definition) is 1. The Hall–Kier alpha value is -1.23. The standard InChI is InChI=1S/C13H10Cl2O3S/c1-2-18-10-6-8(14)7(5-9(10)15)11-3-4-12(19-11)13(16)17/h3-6H,2H2,1H3,(H,16,17). The molecule has 2 rings (SSSR count). The molecule has 0 aliphatic rings. The third-order valence-corrected chi connectivity index (χ3v) is 4.12. The van der Waals surface area contributed by atoms with Crippen molar-refractivity contribution in [3.63, 3.8) is 0 Å². The number of ether oxygens (including phenoxy) is 1. The van der Waals surface area contributed by atoms with Crippen LogP contribution in [0, 0.1) is 0 Å². The lowest BCUT2D eigenvalue weighted by Gasteiger charge is -2.09. The van der Waals surface area contributed by atoms with Crippen molar-refractivity contribution in [1.29, 1.82) is 0 Å². The third kappa shape index (κ3) is 3.03. The van der Waals surface area contributed by atoms with Gasteiger partial charge in [0, 0.05) is 16.5 Å². The zero-order valence-corrected chi connectivity index (χ0v) is 12.3. The lowest BCUT2D eigenvalue weighted by molar-refractivity contribution is 0.0702. The summed E-state index contributed by atoms with van der Waals surface area (Å²) in [7, 11) is 0. The quantitative estimate of drug-likeness (QED) is 0.879. The number of hydrogen-bond acceptors (Lipinski definition) is 3. The van der Waals surface area contributed by atoms with Crippen molar-refractivity contribution in [3.8, 4) is 16.2 Å². The molecule has 1 N–H and O–H groups in total. The topological polar surface area (TPSA) is 46.5 Å². The van der Waals surface area contributed by atoms with Crippen LogP contribution >= 0.6 is 34.5 Å². The summed E-state index contributed by atoms with van der Waals surface area (Å²) in [6, 6.07) is 6.59. The van der Waals surface area contributed by atoms with E-state index in [0.717, 1.165) is 16.2 Å². The van der Waals surface area contributed by atoms with E-state index < -0.39 is 5.97 Å². The van der Waals surface area contributed by atoms with E-state index in [1.807, 2.05) is 6.92 Å². The average molecular weight is 317 g/mol. The normalized spacial score (nSPS) is 10.5. The number of benzene rings is 1. The Labute approximate surface area is 124 Å². The highest BCUT2D eigenvalue weighted by Gasteiger charge is 2.14. The number of aromatic carboxylic acids is 1. The number of carboxylic acid groups (broad SMARTS) is 1. The maximum Gasteiger partial charge on any atom is 0.345 e. The molecule has 0 spiro atoms. The van der Waals surface area contributed by atoms with E-state index in [0.29, 0.717) is 28.0 Å². The van der Waals surface area contributed by atoms with Gasteiger partial charge in [-0.1, -0.05) is 23.2 Å². The van der Waals surface area contributed by atoms with Gasteiger partial charge in [0.15, 0.2) is 0 Å². The van der Waals surface area contributed by atoms with Crippen molar-refractivity contribution in [2.24, 2.45) is 0 Å². The molecule has 100 valence electrons. The second kappa shape index (κ2) is 5.82. The fraction of sp³-hybridized carbons (Fsp3) is 0.154. The summed E-state index contributed by atoms with van der Waals surface area (Å²) < 4.78 is 5.34. The van der Waals surface area contributed by atoms with Crippen LogP contribution in [0.25, 0.3) is 10.4 Å². The molecule has 1 heterocycles. The maximum atomic E-state index is 10.9. The zero-order chi connectivity index (χ0) is 14.0. The van der Waals surface area contributed by atoms with E-state index in [-0.39, 0.29) is 4.88 Å². The molecular weight excluding hydrogens is 307 g/mol. The zero-order valence-electron chi connectivity index (χ0n) is 9.94. The minimum atomic E-state index is -0.954. The highest BCUT2D eigenvalue weighted by atomic mass is 35.5. The van der Waals surface area contributed by atoms with Gasteiger partial charge in [-0.25, -0.2) is 4.79 Å². The Balaban J connectivity index is 2.44. The maximum absolute atomic E-state index is 10.9. The minimum absolute atomic E-state index is 0.260. The van der Waals surface area contributed by atoms with Crippen LogP contribution in [0.5, 0.6) is 5.75 Å². The van der Waals surface area contributed by atoms with Gasteiger partial charge in [-0.3, -0.25) is 0 Å². The molecule has 0 atom stereocenters. The largest absolute Gasteiger partial charge is 0.492 e. The molecule has 2 aromatic rings. The Morgan fingerprint density at radius 1 is 1.32 bits per heavy atom. The van der Waals surface area contributed by atoms with Gasteiger partial charge >= 0.3 is 5.97 Å². The van der Waals surface area contributed by atoms with Crippen molar-refractivity contribution in [2.75, 3.05) is 6.61 Å². The van der Waals surface area contributed by atoms with E-state index >= 15 is 0 Å². The second-order valence-corrected chi connectivity index (χ2v) is 5.56. The van der Waals surface area contributed by atoms with Gasteiger partial charge in [-0.05, 0) is 25.1 Å². The summed E-state index contributed by atoms with van der Waals surface area (Å²) in [6.45, 7) is 2.36. The lowest BCUT2D eigenvalue weighted by atomic mass is 10.2. The molecule has 0 saturated carbocycles. The number of halogens is 2. The first-order valence-corrected chi connectivity index (χ1v) is 7.05. The van der Waals surface area contributed by atoms with Crippen LogP contribution in [0.15, 0.2) is 24.3 Å². The molecule has 0 saturated heterocycles. The Bertz CT molecular complexity index is 622. The van der Waals surface area contributed by atoms with Crippen LogP contribution in [0.4, 0.5) is 0 Å². The molecule has 3 nitrogen and oxygen atoms in total. The molecule has 0 radical (unpaired) electrons. The summed E-state index contributed by atoms with van der Waals surface area (Å²) in [5, 5.41) is 9.84. The van der Waals surface area contributed by atoms with Crippen molar-refractivity contribution in [1.82, 2.24) is 0 Å². The SMILES string of the molecule is CCOc1cc(Cl)c(-c2ccc(C(=O)O)s2)cc1Cl.